The molecule has 1 rings (SSSR count). The molecular formula is C11H18O5S2. The number of hydrogen-bond donors (Lipinski definition) is 0. The maximum Gasteiger partial charge on any atom is 0.181 e. The Balaban J connectivity index is 2.68. The molecule has 0 amide bonds. The van der Waals surface area contributed by atoms with E-state index in [0.29, 0.717) is 5.76 Å². The van der Waals surface area contributed by atoms with Crippen LogP contribution >= 0.6 is 0 Å². The van der Waals surface area contributed by atoms with Crippen molar-refractivity contribution in [2.45, 2.75) is 37.3 Å². The molecule has 0 atom stereocenters. The van der Waals surface area contributed by atoms with Crippen molar-refractivity contribution in [2.24, 2.45) is 0 Å². The van der Waals surface area contributed by atoms with Crippen LogP contribution < -0.4 is 0 Å². The lowest BCUT2D eigenvalue weighted by Crippen LogP contribution is -2.20. The fourth-order valence-electron chi connectivity index (χ4n) is 1.49. The van der Waals surface area contributed by atoms with E-state index in [-0.39, 0.29) is 22.8 Å². The highest BCUT2D eigenvalue weighted by atomic mass is 32.2. The third kappa shape index (κ3) is 3.58. The van der Waals surface area contributed by atoms with Crippen molar-refractivity contribution < 1.29 is 21.3 Å². The number of aryl methyl sites for hydroxylation is 1. The van der Waals surface area contributed by atoms with Crippen molar-refractivity contribution in [3.05, 3.63) is 18.1 Å². The van der Waals surface area contributed by atoms with Crippen LogP contribution in [0.5, 0.6) is 0 Å². The molecular weight excluding hydrogens is 276 g/mol. The molecule has 0 aliphatic heterocycles. The number of sulfone groups is 2. The molecule has 0 aromatic carbocycles. The minimum Gasteiger partial charge on any atom is -0.468 e. The molecule has 0 saturated heterocycles. The summed E-state index contributed by atoms with van der Waals surface area (Å²) in [6.45, 7) is 4.74. The van der Waals surface area contributed by atoms with Gasteiger partial charge in [0, 0.05) is 0 Å². The van der Waals surface area contributed by atoms with Gasteiger partial charge in [-0.15, -0.1) is 0 Å². The van der Waals surface area contributed by atoms with E-state index >= 15 is 0 Å². The minimum absolute atomic E-state index is 0.105. The van der Waals surface area contributed by atoms with Crippen LogP contribution in [0.4, 0.5) is 0 Å². The molecule has 104 valence electrons. The summed E-state index contributed by atoms with van der Waals surface area (Å²) >= 11 is 0. The first kappa shape index (κ1) is 15.2. The molecule has 7 heteroatoms. The fraction of sp³-hybridized carbons (Fsp3) is 0.636. The summed E-state index contributed by atoms with van der Waals surface area (Å²) in [5, 5.41) is -0.476. The van der Waals surface area contributed by atoms with Crippen molar-refractivity contribution in [3.8, 4) is 0 Å². The van der Waals surface area contributed by atoms with E-state index < -0.39 is 24.9 Å². The van der Waals surface area contributed by atoms with Crippen LogP contribution in [0.3, 0.4) is 0 Å². The molecule has 0 N–H and O–H groups in total. The Hall–Kier alpha value is -0.820. The molecule has 0 fully saturated rings. The highest BCUT2D eigenvalue weighted by Crippen LogP contribution is 2.18. The average molecular weight is 294 g/mol. The van der Waals surface area contributed by atoms with Crippen molar-refractivity contribution in [2.75, 3.05) is 11.5 Å². The second-order valence-electron chi connectivity index (χ2n) is 4.43. The van der Waals surface area contributed by atoms with Gasteiger partial charge < -0.3 is 4.42 Å². The molecule has 1 aromatic heterocycles. The van der Waals surface area contributed by atoms with Gasteiger partial charge in [0.25, 0.3) is 0 Å². The number of rotatable bonds is 6. The number of hydrogen-bond acceptors (Lipinski definition) is 5. The Bertz CT molecular complexity index is 593. The average Bonchev–Trinajstić information content (AvgIpc) is 2.64. The van der Waals surface area contributed by atoms with E-state index in [0.717, 1.165) is 0 Å². The van der Waals surface area contributed by atoms with Crippen molar-refractivity contribution >= 4 is 19.7 Å². The summed E-state index contributed by atoms with van der Waals surface area (Å²) in [5.41, 5.74) is 0. The van der Waals surface area contributed by atoms with Crippen LogP contribution in [0.25, 0.3) is 0 Å². The van der Waals surface area contributed by atoms with E-state index in [1.54, 1.807) is 20.8 Å². The monoisotopic (exact) mass is 294 g/mol. The predicted octanol–water partition coefficient (Wildman–Crippen LogP) is 1.58. The normalized spacial score (nSPS) is 13.1. The minimum atomic E-state index is -3.45. The molecule has 0 unspecified atom stereocenters. The molecule has 0 aliphatic rings. The Morgan fingerprint density at radius 1 is 1.17 bits per heavy atom. The Labute approximate surface area is 108 Å². The van der Waals surface area contributed by atoms with Gasteiger partial charge in [0.15, 0.2) is 19.7 Å². The van der Waals surface area contributed by atoms with Crippen molar-refractivity contribution in [1.29, 1.82) is 0 Å². The highest BCUT2D eigenvalue weighted by Gasteiger charge is 2.21. The molecule has 0 aliphatic carbocycles. The van der Waals surface area contributed by atoms with E-state index in [1.807, 2.05) is 0 Å². The zero-order valence-corrected chi connectivity index (χ0v) is 12.3. The van der Waals surface area contributed by atoms with E-state index in [2.05, 4.69) is 0 Å². The SMILES string of the molecule is Cc1occc1S(=O)(=O)CCCS(=O)(=O)C(C)C. The molecule has 0 radical (unpaired) electrons. The second kappa shape index (κ2) is 5.44. The van der Waals surface area contributed by atoms with Gasteiger partial charge in [0.2, 0.25) is 0 Å². The summed E-state index contributed by atoms with van der Waals surface area (Å²) < 4.78 is 51.9. The van der Waals surface area contributed by atoms with Crippen LogP contribution in [-0.2, 0) is 19.7 Å². The lowest BCUT2D eigenvalue weighted by Gasteiger charge is -2.07. The second-order valence-corrected chi connectivity index (χ2v) is 9.18. The predicted molar refractivity (Wildman–Crippen MR) is 69.0 cm³/mol. The van der Waals surface area contributed by atoms with Gasteiger partial charge in [-0.1, -0.05) is 0 Å². The van der Waals surface area contributed by atoms with Crippen molar-refractivity contribution in [1.82, 2.24) is 0 Å². The van der Waals surface area contributed by atoms with Gasteiger partial charge in [-0.2, -0.15) is 0 Å². The molecule has 1 heterocycles. The first-order valence-electron chi connectivity index (χ1n) is 5.65. The van der Waals surface area contributed by atoms with E-state index in [9.17, 15) is 16.8 Å². The molecule has 5 nitrogen and oxygen atoms in total. The quantitative estimate of drug-likeness (QED) is 0.795. The summed E-state index contributed by atoms with van der Waals surface area (Å²) in [6.07, 6.45) is 1.42. The van der Waals surface area contributed by atoms with Crippen LogP contribution in [0.15, 0.2) is 21.6 Å². The molecule has 1 aromatic rings. The maximum absolute atomic E-state index is 11.9. The van der Waals surface area contributed by atoms with Gasteiger partial charge >= 0.3 is 0 Å². The van der Waals surface area contributed by atoms with Gasteiger partial charge in [-0.25, -0.2) is 16.8 Å². The van der Waals surface area contributed by atoms with Crippen LogP contribution in [0.1, 0.15) is 26.0 Å². The highest BCUT2D eigenvalue weighted by molar-refractivity contribution is 7.92. The van der Waals surface area contributed by atoms with E-state index in [1.165, 1.54) is 12.3 Å². The first-order valence-corrected chi connectivity index (χ1v) is 9.02. The lowest BCUT2D eigenvalue weighted by atomic mass is 10.5. The third-order valence-electron chi connectivity index (χ3n) is 2.71. The standard InChI is InChI=1S/C11H18O5S2/c1-9(2)17(12,13)7-4-8-18(14,15)11-5-6-16-10(11)3/h5-6,9H,4,7-8H2,1-3H3. The Morgan fingerprint density at radius 3 is 2.22 bits per heavy atom. The lowest BCUT2D eigenvalue weighted by molar-refractivity contribution is 0.522. The summed E-state index contributed by atoms with van der Waals surface area (Å²) in [7, 11) is -6.64. The zero-order chi connectivity index (χ0) is 14.0. The van der Waals surface area contributed by atoms with Gasteiger partial charge in [0.1, 0.15) is 10.7 Å². The molecule has 0 spiro atoms. The third-order valence-corrected chi connectivity index (χ3v) is 6.92. The van der Waals surface area contributed by atoms with Crippen LogP contribution in [-0.4, -0.2) is 33.6 Å². The summed E-state index contributed by atoms with van der Waals surface area (Å²) in [6, 6.07) is 1.39. The smallest absolute Gasteiger partial charge is 0.181 e. The number of furan rings is 1. The molecule has 18 heavy (non-hydrogen) atoms. The summed E-state index contributed by atoms with van der Waals surface area (Å²) in [4.78, 5) is 0.143. The molecule has 0 bridgehead atoms. The Morgan fingerprint density at radius 2 is 1.78 bits per heavy atom. The summed E-state index contributed by atoms with van der Waals surface area (Å²) in [5.74, 6) is 0.0434. The van der Waals surface area contributed by atoms with Gasteiger partial charge in [-0.05, 0) is 33.3 Å². The van der Waals surface area contributed by atoms with Gasteiger partial charge in [0.05, 0.1) is 23.0 Å². The van der Waals surface area contributed by atoms with Crippen LogP contribution in [0.2, 0.25) is 0 Å². The molecule has 0 saturated carbocycles. The first-order chi connectivity index (χ1) is 8.17. The maximum atomic E-state index is 11.9. The Kier molecular flexibility index (Phi) is 4.61. The van der Waals surface area contributed by atoms with Crippen LogP contribution in [0, 0.1) is 6.92 Å². The van der Waals surface area contributed by atoms with Crippen molar-refractivity contribution in [3.63, 3.8) is 0 Å². The largest absolute Gasteiger partial charge is 0.468 e. The topological polar surface area (TPSA) is 81.4 Å². The zero-order valence-electron chi connectivity index (χ0n) is 10.7. The van der Waals surface area contributed by atoms with Gasteiger partial charge in [-0.3, -0.25) is 0 Å². The fourth-order valence-corrected chi connectivity index (χ4v) is 4.19. The van der Waals surface area contributed by atoms with E-state index in [4.69, 9.17) is 4.42 Å².